The highest BCUT2D eigenvalue weighted by Gasteiger charge is 2.20. The van der Waals surface area contributed by atoms with E-state index in [0.717, 1.165) is 5.56 Å². The van der Waals surface area contributed by atoms with Gasteiger partial charge in [-0.05, 0) is 36.8 Å². The quantitative estimate of drug-likeness (QED) is 0.634. The van der Waals surface area contributed by atoms with Crippen LogP contribution in [-0.4, -0.2) is 18.2 Å². The molecule has 0 radical (unpaired) electrons. The molecule has 1 heterocycles. The van der Waals surface area contributed by atoms with Crippen molar-refractivity contribution in [3.63, 3.8) is 0 Å². The molecule has 0 aliphatic heterocycles. The van der Waals surface area contributed by atoms with E-state index in [2.05, 4.69) is 10.4 Å². The Bertz CT molecular complexity index is 595. The van der Waals surface area contributed by atoms with Crippen LogP contribution in [-0.2, 0) is 0 Å². The van der Waals surface area contributed by atoms with E-state index in [-0.39, 0.29) is 12.1 Å². The van der Waals surface area contributed by atoms with Crippen LogP contribution < -0.4 is 20.7 Å². The molecule has 2 unspecified atom stereocenters. The number of nitrogens with one attached hydrogen (secondary N) is 1. The van der Waals surface area contributed by atoms with Gasteiger partial charge in [0, 0.05) is 11.2 Å². The number of pyridine rings is 1. The Labute approximate surface area is 129 Å². The van der Waals surface area contributed by atoms with E-state index >= 15 is 0 Å². The number of methoxy groups -OCH3 is 1. The summed E-state index contributed by atoms with van der Waals surface area (Å²) in [4.78, 5) is 4.13. The molecular formula is C15H18ClN3O2. The summed E-state index contributed by atoms with van der Waals surface area (Å²) in [7, 11) is 1.59. The molecule has 1 aromatic heterocycles. The molecule has 0 aliphatic carbocycles. The number of hydrogen-bond donors (Lipinski definition) is 2. The van der Waals surface area contributed by atoms with Gasteiger partial charge in [-0.1, -0.05) is 17.7 Å². The van der Waals surface area contributed by atoms with Crippen molar-refractivity contribution in [1.82, 2.24) is 10.4 Å². The predicted octanol–water partition coefficient (Wildman–Crippen LogP) is 2.72. The first-order chi connectivity index (χ1) is 10.1. The lowest BCUT2D eigenvalue weighted by atomic mass is 10.0. The zero-order valence-corrected chi connectivity index (χ0v) is 12.7. The molecule has 1 aromatic carbocycles. The van der Waals surface area contributed by atoms with E-state index in [1.54, 1.807) is 31.6 Å². The Morgan fingerprint density at radius 3 is 2.71 bits per heavy atom. The molecule has 0 fully saturated rings. The molecule has 0 saturated carbocycles. The van der Waals surface area contributed by atoms with Gasteiger partial charge in [-0.25, -0.2) is 5.43 Å². The van der Waals surface area contributed by atoms with Gasteiger partial charge in [0.05, 0.1) is 19.3 Å². The van der Waals surface area contributed by atoms with Crippen LogP contribution in [0.3, 0.4) is 0 Å². The summed E-state index contributed by atoms with van der Waals surface area (Å²) in [5.41, 5.74) is 3.63. The summed E-state index contributed by atoms with van der Waals surface area (Å²) in [6, 6.07) is 8.88. The number of benzene rings is 1. The minimum absolute atomic E-state index is 0.220. The lowest BCUT2D eigenvalue weighted by molar-refractivity contribution is 0.170. The smallest absolute Gasteiger partial charge is 0.137 e. The van der Waals surface area contributed by atoms with Gasteiger partial charge >= 0.3 is 0 Å². The molecule has 0 saturated heterocycles. The standard InChI is InChI=1S/C15H18ClN3O2/c1-10(21-13-5-3-4-12(16)7-13)15(19-17)11-6-14(20-2)9-18-8-11/h3-10,15,19H,17H2,1-2H3. The van der Waals surface area contributed by atoms with E-state index in [1.807, 2.05) is 25.1 Å². The maximum atomic E-state index is 5.95. The fraction of sp³-hybridized carbons (Fsp3) is 0.267. The summed E-state index contributed by atoms with van der Waals surface area (Å²) >= 11 is 5.95. The Balaban J connectivity index is 2.16. The van der Waals surface area contributed by atoms with Crippen molar-refractivity contribution < 1.29 is 9.47 Å². The molecule has 0 amide bonds. The number of hydrazine groups is 1. The third kappa shape index (κ3) is 4.07. The first-order valence-corrected chi connectivity index (χ1v) is 6.89. The highest BCUT2D eigenvalue weighted by molar-refractivity contribution is 6.30. The lowest BCUT2D eigenvalue weighted by Gasteiger charge is -2.24. The molecule has 2 atom stereocenters. The van der Waals surface area contributed by atoms with Gasteiger partial charge in [-0.2, -0.15) is 0 Å². The number of rotatable bonds is 6. The van der Waals surface area contributed by atoms with Crippen molar-refractivity contribution >= 4 is 11.6 Å². The topological polar surface area (TPSA) is 69.4 Å². The molecule has 3 N–H and O–H groups in total. The van der Waals surface area contributed by atoms with Crippen molar-refractivity contribution in [2.45, 2.75) is 19.1 Å². The third-order valence-electron chi connectivity index (χ3n) is 3.10. The largest absolute Gasteiger partial charge is 0.495 e. The molecule has 2 aromatic rings. The van der Waals surface area contributed by atoms with Crippen LogP contribution in [0.4, 0.5) is 0 Å². The van der Waals surface area contributed by atoms with Crippen LogP contribution in [0.25, 0.3) is 0 Å². The average molecular weight is 308 g/mol. The summed E-state index contributed by atoms with van der Waals surface area (Å²) in [5, 5.41) is 0.625. The Kier molecular flexibility index (Phi) is 5.38. The van der Waals surface area contributed by atoms with Gasteiger partial charge in [0.25, 0.3) is 0 Å². The van der Waals surface area contributed by atoms with Gasteiger partial charge in [0.2, 0.25) is 0 Å². The Hall–Kier alpha value is -1.82. The first-order valence-electron chi connectivity index (χ1n) is 6.51. The summed E-state index contributed by atoms with van der Waals surface area (Å²) in [6.07, 6.45) is 3.15. The normalized spacial score (nSPS) is 13.5. The molecule has 5 nitrogen and oxygen atoms in total. The van der Waals surface area contributed by atoms with Crippen LogP contribution in [0.1, 0.15) is 18.5 Å². The number of ether oxygens (including phenoxy) is 2. The van der Waals surface area contributed by atoms with Crippen LogP contribution >= 0.6 is 11.6 Å². The molecule has 6 heteroatoms. The number of hydrogen-bond acceptors (Lipinski definition) is 5. The van der Waals surface area contributed by atoms with Gasteiger partial charge in [-0.3, -0.25) is 10.8 Å². The van der Waals surface area contributed by atoms with E-state index < -0.39 is 0 Å². The number of aromatic nitrogens is 1. The second-order valence-corrected chi connectivity index (χ2v) is 5.02. The zero-order chi connectivity index (χ0) is 15.2. The molecule has 21 heavy (non-hydrogen) atoms. The van der Waals surface area contributed by atoms with Gasteiger partial charge in [0.1, 0.15) is 17.6 Å². The summed E-state index contributed by atoms with van der Waals surface area (Å²) in [5.74, 6) is 7.01. The molecule has 0 bridgehead atoms. The maximum absolute atomic E-state index is 5.95. The minimum atomic E-state index is -0.230. The SMILES string of the molecule is COc1cncc(C(NN)C(C)Oc2cccc(Cl)c2)c1. The van der Waals surface area contributed by atoms with E-state index in [9.17, 15) is 0 Å². The highest BCUT2D eigenvalue weighted by atomic mass is 35.5. The molecular weight excluding hydrogens is 290 g/mol. The van der Waals surface area contributed by atoms with E-state index in [0.29, 0.717) is 16.5 Å². The van der Waals surface area contributed by atoms with Crippen LogP contribution in [0, 0.1) is 0 Å². The second-order valence-electron chi connectivity index (χ2n) is 4.58. The summed E-state index contributed by atoms with van der Waals surface area (Å²) < 4.78 is 11.1. The maximum Gasteiger partial charge on any atom is 0.137 e. The van der Waals surface area contributed by atoms with Crippen molar-refractivity contribution in [2.24, 2.45) is 5.84 Å². The highest BCUT2D eigenvalue weighted by Crippen LogP contribution is 2.25. The van der Waals surface area contributed by atoms with Crippen molar-refractivity contribution in [3.8, 4) is 11.5 Å². The van der Waals surface area contributed by atoms with E-state index in [4.69, 9.17) is 26.9 Å². The van der Waals surface area contributed by atoms with E-state index in [1.165, 1.54) is 0 Å². The zero-order valence-electron chi connectivity index (χ0n) is 11.9. The van der Waals surface area contributed by atoms with Crippen LogP contribution in [0.2, 0.25) is 5.02 Å². The molecule has 2 rings (SSSR count). The van der Waals surface area contributed by atoms with Crippen molar-refractivity contribution in [2.75, 3.05) is 7.11 Å². The van der Waals surface area contributed by atoms with Crippen molar-refractivity contribution in [1.29, 1.82) is 0 Å². The van der Waals surface area contributed by atoms with Crippen molar-refractivity contribution in [3.05, 3.63) is 53.3 Å². The van der Waals surface area contributed by atoms with Crippen LogP contribution in [0.15, 0.2) is 42.7 Å². The molecule has 0 aliphatic rings. The summed E-state index contributed by atoms with van der Waals surface area (Å²) in [6.45, 7) is 1.92. The average Bonchev–Trinajstić information content (AvgIpc) is 2.48. The molecule has 112 valence electrons. The number of nitrogens with two attached hydrogens (primary N) is 1. The first kappa shape index (κ1) is 15.6. The molecule has 0 spiro atoms. The fourth-order valence-corrected chi connectivity index (χ4v) is 2.22. The fourth-order valence-electron chi connectivity index (χ4n) is 2.04. The minimum Gasteiger partial charge on any atom is -0.495 e. The number of halogens is 1. The van der Waals surface area contributed by atoms with Crippen LogP contribution in [0.5, 0.6) is 11.5 Å². The monoisotopic (exact) mass is 307 g/mol. The second kappa shape index (κ2) is 7.26. The third-order valence-corrected chi connectivity index (χ3v) is 3.33. The van der Waals surface area contributed by atoms with Gasteiger partial charge in [-0.15, -0.1) is 0 Å². The Morgan fingerprint density at radius 2 is 2.05 bits per heavy atom. The van der Waals surface area contributed by atoms with Gasteiger partial charge < -0.3 is 9.47 Å². The van der Waals surface area contributed by atoms with Gasteiger partial charge in [0.15, 0.2) is 0 Å². The number of nitrogens with zero attached hydrogens (tertiary/aromatic N) is 1. The predicted molar refractivity (Wildman–Crippen MR) is 82.4 cm³/mol. The lowest BCUT2D eigenvalue weighted by Crippen LogP contribution is -2.38. The Morgan fingerprint density at radius 1 is 1.24 bits per heavy atom.